The maximum absolute atomic E-state index is 12.8. The Labute approximate surface area is 154 Å². The van der Waals surface area contributed by atoms with Crippen molar-refractivity contribution in [2.24, 2.45) is 0 Å². The second-order valence-corrected chi connectivity index (χ2v) is 6.33. The van der Waals surface area contributed by atoms with Gasteiger partial charge in [0.1, 0.15) is 0 Å². The van der Waals surface area contributed by atoms with Crippen molar-refractivity contribution in [2.45, 2.75) is 43.7 Å². The van der Waals surface area contributed by atoms with Gasteiger partial charge in [-0.05, 0) is 31.9 Å². The van der Waals surface area contributed by atoms with Gasteiger partial charge in [0, 0.05) is 30.9 Å². The Kier molecular flexibility index (Phi) is 6.68. The predicted octanol–water partition coefficient (Wildman–Crippen LogP) is 2.75. The number of hydrogen-bond acceptors (Lipinski definition) is 4. The van der Waals surface area contributed by atoms with E-state index in [1.807, 2.05) is 4.90 Å². The highest BCUT2D eigenvalue weighted by atomic mass is 35.5. The average Bonchev–Trinajstić information content (AvgIpc) is 2.85. The van der Waals surface area contributed by atoms with Gasteiger partial charge in [0.2, 0.25) is 5.88 Å². The van der Waals surface area contributed by atoms with Crippen LogP contribution in [0.1, 0.15) is 29.6 Å². The number of fused-ring (bicyclic) bond motifs is 2. The van der Waals surface area contributed by atoms with Crippen molar-refractivity contribution in [3.63, 3.8) is 0 Å². The first-order chi connectivity index (χ1) is 11.9. The fraction of sp³-hybridized carbons (Fsp3) is 0.625. The summed E-state index contributed by atoms with van der Waals surface area (Å²) in [6.45, 7) is 0.154. The predicted molar refractivity (Wildman–Crippen MR) is 88.4 cm³/mol. The molecule has 26 heavy (non-hydrogen) atoms. The first-order valence-electron chi connectivity index (χ1n) is 8.16. The molecule has 0 aromatic carbocycles. The SMILES string of the molecule is Cl.O=C(c1ccc(OCC(F)(F)C(F)F)nc1)N1C2CCNCC1CC2. The number of halogens is 5. The van der Waals surface area contributed by atoms with Crippen LogP contribution in [-0.4, -0.2) is 59.9 Å². The average molecular weight is 398 g/mol. The van der Waals surface area contributed by atoms with E-state index in [0.717, 1.165) is 32.4 Å². The second-order valence-electron chi connectivity index (χ2n) is 6.33. The summed E-state index contributed by atoms with van der Waals surface area (Å²) >= 11 is 0. The van der Waals surface area contributed by atoms with E-state index < -0.39 is 19.0 Å². The molecule has 0 radical (unpaired) electrons. The number of hydrogen-bond donors (Lipinski definition) is 1. The lowest BCUT2D eigenvalue weighted by Crippen LogP contribution is -2.42. The van der Waals surface area contributed by atoms with E-state index >= 15 is 0 Å². The molecule has 2 aliphatic heterocycles. The summed E-state index contributed by atoms with van der Waals surface area (Å²) in [6.07, 6.45) is 0.228. The van der Waals surface area contributed by atoms with E-state index in [1.54, 1.807) is 0 Å². The molecule has 0 spiro atoms. The fourth-order valence-electron chi connectivity index (χ4n) is 3.29. The van der Waals surface area contributed by atoms with Gasteiger partial charge in [-0.15, -0.1) is 12.4 Å². The molecule has 146 valence electrons. The van der Waals surface area contributed by atoms with Crippen molar-refractivity contribution in [3.8, 4) is 5.88 Å². The highest BCUT2D eigenvalue weighted by molar-refractivity contribution is 5.94. The number of carbonyl (C=O) groups excluding carboxylic acids is 1. The van der Waals surface area contributed by atoms with Crippen LogP contribution in [0.4, 0.5) is 17.6 Å². The van der Waals surface area contributed by atoms with Gasteiger partial charge >= 0.3 is 12.3 Å². The number of alkyl halides is 4. The minimum Gasteiger partial charge on any atom is -0.471 e. The molecule has 2 aliphatic rings. The zero-order valence-electron chi connectivity index (χ0n) is 13.8. The number of ether oxygens (including phenoxy) is 1. The van der Waals surface area contributed by atoms with Gasteiger partial charge in [-0.3, -0.25) is 4.79 Å². The van der Waals surface area contributed by atoms with Gasteiger partial charge in [-0.1, -0.05) is 0 Å². The third-order valence-corrected chi connectivity index (χ3v) is 4.60. The van der Waals surface area contributed by atoms with Crippen LogP contribution in [0.3, 0.4) is 0 Å². The van der Waals surface area contributed by atoms with Crippen molar-refractivity contribution in [2.75, 3.05) is 19.7 Å². The van der Waals surface area contributed by atoms with Crippen molar-refractivity contribution in [1.82, 2.24) is 15.2 Å². The van der Waals surface area contributed by atoms with Crippen molar-refractivity contribution >= 4 is 18.3 Å². The molecule has 0 aliphatic carbocycles. The number of nitrogens with zero attached hydrogens (tertiary/aromatic N) is 2. The molecule has 1 N–H and O–H groups in total. The monoisotopic (exact) mass is 397 g/mol. The third kappa shape index (κ3) is 4.37. The zero-order chi connectivity index (χ0) is 18.0. The zero-order valence-corrected chi connectivity index (χ0v) is 14.7. The highest BCUT2D eigenvalue weighted by Crippen LogP contribution is 2.30. The molecular formula is C16H20ClF4N3O2. The summed E-state index contributed by atoms with van der Waals surface area (Å²) in [7, 11) is 0. The second kappa shape index (κ2) is 8.39. The van der Waals surface area contributed by atoms with E-state index in [4.69, 9.17) is 0 Å². The van der Waals surface area contributed by atoms with E-state index in [2.05, 4.69) is 15.0 Å². The van der Waals surface area contributed by atoms with Gasteiger partial charge in [-0.2, -0.15) is 8.78 Å². The highest BCUT2D eigenvalue weighted by Gasteiger charge is 2.42. The van der Waals surface area contributed by atoms with E-state index in [-0.39, 0.29) is 36.3 Å². The molecule has 1 aromatic rings. The minimum atomic E-state index is -4.24. The Hall–Kier alpha value is -1.61. The first-order valence-corrected chi connectivity index (χ1v) is 8.16. The summed E-state index contributed by atoms with van der Waals surface area (Å²) in [5, 5.41) is 3.30. The molecule has 2 bridgehead atoms. The minimum absolute atomic E-state index is 0. The Balaban J connectivity index is 0.00000243. The van der Waals surface area contributed by atoms with Crippen LogP contribution in [0.25, 0.3) is 0 Å². The van der Waals surface area contributed by atoms with E-state index in [0.29, 0.717) is 5.56 Å². The number of carbonyl (C=O) groups is 1. The van der Waals surface area contributed by atoms with Crippen LogP contribution in [0.15, 0.2) is 18.3 Å². The molecule has 10 heteroatoms. The summed E-state index contributed by atoms with van der Waals surface area (Å²) in [5.74, 6) is -4.63. The fourth-order valence-corrected chi connectivity index (χ4v) is 3.29. The quantitative estimate of drug-likeness (QED) is 0.776. The lowest BCUT2D eigenvalue weighted by atomic mass is 10.1. The van der Waals surface area contributed by atoms with Crippen LogP contribution >= 0.6 is 12.4 Å². The Morgan fingerprint density at radius 3 is 2.69 bits per heavy atom. The molecule has 1 aromatic heterocycles. The smallest absolute Gasteiger partial charge is 0.340 e. The van der Waals surface area contributed by atoms with Crippen molar-refractivity contribution in [3.05, 3.63) is 23.9 Å². The van der Waals surface area contributed by atoms with Crippen LogP contribution < -0.4 is 10.1 Å². The maximum Gasteiger partial charge on any atom is 0.340 e. The largest absolute Gasteiger partial charge is 0.471 e. The summed E-state index contributed by atoms with van der Waals surface area (Å²) < 4.78 is 54.5. The van der Waals surface area contributed by atoms with Crippen LogP contribution in [-0.2, 0) is 0 Å². The topological polar surface area (TPSA) is 54.5 Å². The Morgan fingerprint density at radius 1 is 1.31 bits per heavy atom. The molecule has 2 unspecified atom stereocenters. The normalized spacial score (nSPS) is 22.7. The lowest BCUT2D eigenvalue weighted by molar-refractivity contribution is -0.148. The molecular weight excluding hydrogens is 378 g/mol. The standard InChI is InChI=1S/C16H19F4N3O2.ClH/c17-15(18)16(19,20)9-25-13-4-1-10(7-22-13)14(24)23-11-2-3-12(23)8-21-6-5-11;/h1,4,7,11-12,15,21H,2-3,5-6,8-9H2;1H. The van der Waals surface area contributed by atoms with Crippen LogP contribution in [0, 0.1) is 0 Å². The lowest BCUT2D eigenvalue weighted by Gasteiger charge is -2.27. The van der Waals surface area contributed by atoms with Crippen molar-refractivity contribution < 1.29 is 27.1 Å². The summed E-state index contributed by atoms with van der Waals surface area (Å²) in [4.78, 5) is 18.4. The molecule has 0 saturated carbocycles. The van der Waals surface area contributed by atoms with E-state index in [1.165, 1.54) is 18.3 Å². The molecule has 2 fully saturated rings. The number of aromatic nitrogens is 1. The van der Waals surface area contributed by atoms with Gasteiger partial charge < -0.3 is 15.0 Å². The molecule has 3 rings (SSSR count). The number of pyridine rings is 1. The van der Waals surface area contributed by atoms with Gasteiger partial charge in [0.15, 0.2) is 6.61 Å². The Bertz CT molecular complexity index is 604. The van der Waals surface area contributed by atoms with Gasteiger partial charge in [0.25, 0.3) is 5.91 Å². The van der Waals surface area contributed by atoms with Crippen molar-refractivity contribution in [1.29, 1.82) is 0 Å². The molecule has 2 saturated heterocycles. The maximum atomic E-state index is 12.8. The molecule has 1 amide bonds. The van der Waals surface area contributed by atoms with E-state index in [9.17, 15) is 22.4 Å². The number of rotatable bonds is 5. The van der Waals surface area contributed by atoms with Crippen LogP contribution in [0.5, 0.6) is 5.88 Å². The number of nitrogens with one attached hydrogen (secondary N) is 1. The molecule has 5 nitrogen and oxygen atoms in total. The first kappa shape index (κ1) is 20.7. The number of amides is 1. The summed E-state index contributed by atoms with van der Waals surface area (Å²) in [6, 6.07) is 2.99. The molecule has 2 atom stereocenters. The van der Waals surface area contributed by atoms with Gasteiger partial charge in [0.05, 0.1) is 5.56 Å². The Morgan fingerprint density at radius 2 is 2.04 bits per heavy atom. The van der Waals surface area contributed by atoms with Crippen LogP contribution in [0.2, 0.25) is 0 Å². The van der Waals surface area contributed by atoms with Gasteiger partial charge in [-0.25, -0.2) is 13.8 Å². The third-order valence-electron chi connectivity index (χ3n) is 4.60. The molecule has 3 heterocycles. The summed E-state index contributed by atoms with van der Waals surface area (Å²) in [5.41, 5.74) is 0.326.